The minimum atomic E-state index is 1.12. The van der Waals surface area contributed by atoms with Gasteiger partial charge in [-0.25, -0.2) is 0 Å². The average molecular weight is 241 g/mol. The van der Waals surface area contributed by atoms with Crippen molar-refractivity contribution < 1.29 is 19.8 Å². The Hall–Kier alpha value is 0.319. The Morgan fingerprint density at radius 1 is 0.786 bits per heavy atom. The third kappa shape index (κ3) is 18.2. The summed E-state index contributed by atoms with van der Waals surface area (Å²) in [6.07, 6.45) is 13.9. The van der Waals surface area contributed by atoms with E-state index in [1.165, 1.54) is 57.8 Å². The first-order chi connectivity index (χ1) is 6.91. The van der Waals surface area contributed by atoms with E-state index in [0.717, 1.165) is 6.42 Å². The van der Waals surface area contributed by atoms with Crippen molar-refractivity contribution >= 4 is 0 Å². The van der Waals surface area contributed by atoms with Crippen LogP contribution >= 0.6 is 0 Å². The van der Waals surface area contributed by atoms with Gasteiger partial charge in [0.15, 0.2) is 0 Å². The van der Waals surface area contributed by atoms with Gasteiger partial charge in [-0.1, -0.05) is 64.7 Å². The number of hydrogen-bond acceptors (Lipinski definition) is 1. The SMILES string of the molecule is [CH2-]CCCCCCCCCCC.[O]=[Fe+]. The molecule has 0 radical (unpaired) electrons. The summed E-state index contributed by atoms with van der Waals surface area (Å²) in [4.78, 5) is 0. The zero-order valence-corrected chi connectivity index (χ0v) is 10.6. The Bertz CT molecular complexity index is 76.4. The maximum atomic E-state index is 8.00. The molecular formula is C12H25FeO. The molecule has 0 amide bonds. The van der Waals surface area contributed by atoms with E-state index in [2.05, 4.69) is 13.8 Å². The summed E-state index contributed by atoms with van der Waals surface area (Å²) in [5, 5.41) is 0. The molecule has 0 rings (SSSR count). The summed E-state index contributed by atoms with van der Waals surface area (Å²) < 4.78 is 8.00. The van der Waals surface area contributed by atoms with Gasteiger partial charge in [0.1, 0.15) is 0 Å². The van der Waals surface area contributed by atoms with Gasteiger partial charge in [0, 0.05) is 0 Å². The van der Waals surface area contributed by atoms with E-state index in [-0.39, 0.29) is 0 Å². The molecule has 0 heterocycles. The molecule has 1 nitrogen and oxygen atoms in total. The number of unbranched alkanes of at least 4 members (excludes halogenated alkanes) is 9. The van der Waals surface area contributed by atoms with Gasteiger partial charge in [0.05, 0.1) is 0 Å². The first-order valence-corrected chi connectivity index (χ1v) is 6.30. The summed E-state index contributed by atoms with van der Waals surface area (Å²) in [6.45, 7) is 6.12. The molecule has 0 saturated carbocycles. The second-order valence-electron chi connectivity index (χ2n) is 3.68. The summed E-state index contributed by atoms with van der Waals surface area (Å²) in [5.74, 6) is 0. The van der Waals surface area contributed by atoms with E-state index < -0.39 is 0 Å². The van der Waals surface area contributed by atoms with Crippen LogP contribution < -0.4 is 0 Å². The molecule has 0 bridgehead atoms. The molecule has 0 aliphatic carbocycles. The van der Waals surface area contributed by atoms with E-state index in [9.17, 15) is 0 Å². The van der Waals surface area contributed by atoms with Crippen LogP contribution in [-0.4, -0.2) is 0 Å². The van der Waals surface area contributed by atoms with Crippen molar-refractivity contribution in [2.24, 2.45) is 0 Å². The molecule has 14 heavy (non-hydrogen) atoms. The van der Waals surface area contributed by atoms with E-state index in [4.69, 9.17) is 3.83 Å². The number of rotatable bonds is 9. The van der Waals surface area contributed by atoms with E-state index in [1.807, 2.05) is 15.9 Å². The fraction of sp³-hybridized carbons (Fsp3) is 0.917. The van der Waals surface area contributed by atoms with Crippen molar-refractivity contribution in [1.29, 1.82) is 0 Å². The van der Waals surface area contributed by atoms with Crippen LogP contribution in [0, 0.1) is 6.92 Å². The molecule has 0 aromatic heterocycles. The third-order valence-electron chi connectivity index (χ3n) is 2.35. The molecule has 0 aliphatic rings. The first kappa shape index (κ1) is 16.7. The Labute approximate surface area is 98.1 Å². The van der Waals surface area contributed by atoms with Crippen LogP contribution in [0.15, 0.2) is 0 Å². The molecule has 2 heteroatoms. The molecule has 0 atom stereocenters. The van der Waals surface area contributed by atoms with E-state index >= 15 is 0 Å². The summed E-state index contributed by atoms with van der Waals surface area (Å²) >= 11 is 2.00. The van der Waals surface area contributed by atoms with Crippen molar-refractivity contribution in [3.8, 4) is 0 Å². The quantitative estimate of drug-likeness (QED) is 0.327. The van der Waals surface area contributed by atoms with Gasteiger partial charge in [-0.3, -0.25) is 0 Å². The zero-order valence-electron chi connectivity index (χ0n) is 9.54. The summed E-state index contributed by atoms with van der Waals surface area (Å²) in [6, 6.07) is 0. The molecular weight excluding hydrogens is 216 g/mol. The van der Waals surface area contributed by atoms with Crippen LogP contribution in [0.2, 0.25) is 0 Å². The molecule has 87 valence electrons. The molecule has 0 unspecified atom stereocenters. The second-order valence-corrected chi connectivity index (χ2v) is 3.68. The number of hydrogen-bond donors (Lipinski definition) is 0. The Morgan fingerprint density at radius 3 is 1.50 bits per heavy atom. The molecule has 0 fully saturated rings. The molecule has 0 aliphatic heterocycles. The average Bonchev–Trinajstić information content (AvgIpc) is 2.25. The van der Waals surface area contributed by atoms with Crippen LogP contribution in [-0.2, 0) is 19.8 Å². The van der Waals surface area contributed by atoms with Gasteiger partial charge in [-0.2, -0.15) is 6.42 Å². The topological polar surface area (TPSA) is 17.1 Å². The second kappa shape index (κ2) is 19.0. The monoisotopic (exact) mass is 241 g/mol. The Morgan fingerprint density at radius 2 is 1.14 bits per heavy atom. The Balaban J connectivity index is 0. The summed E-state index contributed by atoms with van der Waals surface area (Å²) in [7, 11) is 0. The van der Waals surface area contributed by atoms with Crippen molar-refractivity contribution in [2.75, 3.05) is 0 Å². The van der Waals surface area contributed by atoms with Crippen molar-refractivity contribution in [1.82, 2.24) is 0 Å². The van der Waals surface area contributed by atoms with Gasteiger partial charge >= 0.3 is 19.8 Å². The minimum absolute atomic E-state index is 1.12. The molecule has 0 aromatic carbocycles. The van der Waals surface area contributed by atoms with Gasteiger partial charge < -0.3 is 6.92 Å². The predicted octanol–water partition coefficient (Wildman–Crippen LogP) is 4.62. The standard InChI is InChI=1S/C12H25.Fe.O/c1-3-5-7-9-11-12-10-8-6-4-2;;/h1,3-12H2,2H3;;/q-1;+1;. The summed E-state index contributed by atoms with van der Waals surface area (Å²) in [5.41, 5.74) is 0. The molecule has 0 N–H and O–H groups in total. The fourth-order valence-electron chi connectivity index (χ4n) is 1.49. The van der Waals surface area contributed by atoms with Gasteiger partial charge in [-0.05, 0) is 0 Å². The van der Waals surface area contributed by atoms with Gasteiger partial charge in [-0.15, -0.1) is 0 Å². The van der Waals surface area contributed by atoms with Crippen LogP contribution in [0.3, 0.4) is 0 Å². The van der Waals surface area contributed by atoms with E-state index in [0.29, 0.717) is 0 Å². The van der Waals surface area contributed by atoms with Gasteiger partial charge in [0.2, 0.25) is 0 Å². The van der Waals surface area contributed by atoms with Crippen molar-refractivity contribution in [3.63, 3.8) is 0 Å². The van der Waals surface area contributed by atoms with Crippen LogP contribution in [0.25, 0.3) is 0 Å². The van der Waals surface area contributed by atoms with Crippen molar-refractivity contribution in [3.05, 3.63) is 6.92 Å². The van der Waals surface area contributed by atoms with Gasteiger partial charge in [0.25, 0.3) is 0 Å². The predicted molar refractivity (Wildman–Crippen MR) is 57.9 cm³/mol. The van der Waals surface area contributed by atoms with Crippen LogP contribution in [0.5, 0.6) is 0 Å². The molecule has 0 spiro atoms. The third-order valence-corrected chi connectivity index (χ3v) is 2.35. The molecule has 0 aromatic rings. The van der Waals surface area contributed by atoms with Crippen molar-refractivity contribution in [2.45, 2.75) is 71.1 Å². The fourth-order valence-corrected chi connectivity index (χ4v) is 1.49. The van der Waals surface area contributed by atoms with Crippen LogP contribution in [0.4, 0.5) is 0 Å². The molecule has 0 saturated heterocycles. The first-order valence-electron chi connectivity index (χ1n) is 5.85. The zero-order chi connectivity index (χ0) is 11.1. The normalized spacial score (nSPS) is 9.29. The Kier molecular flexibility index (Phi) is 22.7. The van der Waals surface area contributed by atoms with E-state index in [1.54, 1.807) is 0 Å². The maximum absolute atomic E-state index is 8.00. The van der Waals surface area contributed by atoms with Crippen LogP contribution in [0.1, 0.15) is 71.1 Å².